The Morgan fingerprint density at radius 1 is 0.979 bits per heavy atom. The second kappa shape index (κ2) is 15.6. The zero-order valence-electron chi connectivity index (χ0n) is 25.8. The number of nitrogens with one attached hydrogen (secondary N) is 2. The van der Waals surface area contributed by atoms with Gasteiger partial charge in [0.15, 0.2) is 21.5 Å². The molecule has 4 aromatic rings. The van der Waals surface area contributed by atoms with Gasteiger partial charge in [0.2, 0.25) is 5.90 Å². The Labute approximate surface area is 282 Å². The van der Waals surface area contributed by atoms with E-state index in [9.17, 15) is 13.2 Å². The minimum absolute atomic E-state index is 0.0259. The first-order valence-corrected chi connectivity index (χ1v) is 17.5. The summed E-state index contributed by atoms with van der Waals surface area (Å²) in [5, 5.41) is 9.06. The van der Waals surface area contributed by atoms with Crippen molar-refractivity contribution in [2.45, 2.75) is 35.9 Å². The van der Waals surface area contributed by atoms with E-state index in [0.717, 1.165) is 10.0 Å². The average molecular weight is 723 g/mol. The van der Waals surface area contributed by atoms with Gasteiger partial charge in [-0.2, -0.15) is 0 Å². The molecule has 1 aliphatic heterocycles. The van der Waals surface area contributed by atoms with Crippen molar-refractivity contribution in [3.63, 3.8) is 0 Å². The number of para-hydroxylation sites is 1. The van der Waals surface area contributed by atoms with E-state index in [1.807, 2.05) is 48.5 Å². The number of methoxy groups -OCH3 is 1. The highest BCUT2D eigenvalue weighted by molar-refractivity contribution is 9.10. The van der Waals surface area contributed by atoms with E-state index in [-0.39, 0.29) is 36.1 Å². The van der Waals surface area contributed by atoms with Crippen molar-refractivity contribution >= 4 is 37.6 Å². The van der Waals surface area contributed by atoms with Gasteiger partial charge in [-0.25, -0.2) is 18.8 Å². The minimum Gasteiger partial charge on any atom is -0.496 e. The summed E-state index contributed by atoms with van der Waals surface area (Å²) in [5.74, 6) is 0.531. The van der Waals surface area contributed by atoms with Crippen LogP contribution in [-0.4, -0.2) is 56.9 Å². The van der Waals surface area contributed by atoms with E-state index < -0.39 is 27.4 Å². The monoisotopic (exact) mass is 721 g/mol. The SMILES string of the molecule is COc1ccccc1CNNC(=O)[C@@]1(CCS(=O)(=O)c2ccccc2)N=C(c2ccc(OCCCO)cc2)O[C@H]1c1ccc(Br)cc1. The Kier molecular flexibility index (Phi) is 11.3. The quantitative estimate of drug-likeness (QED) is 0.113. The molecule has 5 rings (SSSR count). The van der Waals surface area contributed by atoms with Gasteiger partial charge in [-0.1, -0.05) is 64.5 Å². The summed E-state index contributed by atoms with van der Waals surface area (Å²) < 4.78 is 45.5. The van der Waals surface area contributed by atoms with E-state index in [4.69, 9.17) is 24.3 Å². The highest BCUT2D eigenvalue weighted by Gasteiger charge is 2.53. The van der Waals surface area contributed by atoms with Crippen LogP contribution in [0, 0.1) is 0 Å². The molecular formula is C35H36BrN3O7S. The van der Waals surface area contributed by atoms with Crippen LogP contribution in [-0.2, 0) is 25.9 Å². The number of amides is 1. The molecule has 10 nitrogen and oxygen atoms in total. The predicted octanol–water partition coefficient (Wildman–Crippen LogP) is 5.16. The van der Waals surface area contributed by atoms with E-state index in [1.165, 1.54) is 12.1 Å². The number of ether oxygens (including phenoxy) is 3. The molecule has 0 aliphatic carbocycles. The largest absolute Gasteiger partial charge is 0.496 e. The van der Waals surface area contributed by atoms with Crippen LogP contribution in [0.4, 0.5) is 0 Å². The van der Waals surface area contributed by atoms with Gasteiger partial charge in [-0.3, -0.25) is 10.2 Å². The first-order chi connectivity index (χ1) is 22.8. The number of aliphatic hydroxyl groups excluding tert-OH is 1. The normalized spacial score (nSPS) is 17.4. The molecule has 0 saturated carbocycles. The number of nitrogens with zero attached hydrogens (tertiary/aromatic N) is 1. The van der Waals surface area contributed by atoms with Crippen molar-refractivity contribution in [2.24, 2.45) is 4.99 Å². The van der Waals surface area contributed by atoms with Crippen molar-refractivity contribution < 1.29 is 32.5 Å². The maximum atomic E-state index is 14.4. The van der Waals surface area contributed by atoms with Crippen LogP contribution >= 0.6 is 15.9 Å². The van der Waals surface area contributed by atoms with Crippen LogP contribution < -0.4 is 20.3 Å². The summed E-state index contributed by atoms with van der Waals surface area (Å²) in [6.07, 6.45) is -0.620. The number of aliphatic hydroxyl groups is 1. The molecular weight excluding hydrogens is 686 g/mol. The molecule has 0 bridgehead atoms. The van der Waals surface area contributed by atoms with Gasteiger partial charge in [0.05, 0.1) is 24.4 Å². The zero-order chi connectivity index (χ0) is 33.3. The molecule has 1 amide bonds. The second-order valence-corrected chi connectivity index (χ2v) is 13.9. The smallest absolute Gasteiger partial charge is 0.266 e. The van der Waals surface area contributed by atoms with Crippen molar-refractivity contribution in [3.05, 3.63) is 124 Å². The molecule has 2 atom stereocenters. The van der Waals surface area contributed by atoms with Gasteiger partial charge < -0.3 is 19.3 Å². The summed E-state index contributed by atoms with van der Waals surface area (Å²) in [4.78, 5) is 19.4. The molecule has 12 heteroatoms. The molecule has 4 aromatic carbocycles. The van der Waals surface area contributed by atoms with Crippen LogP contribution in [0.1, 0.15) is 35.6 Å². The van der Waals surface area contributed by atoms with Crippen molar-refractivity contribution in [1.29, 1.82) is 0 Å². The Morgan fingerprint density at radius 3 is 2.38 bits per heavy atom. The topological polar surface area (TPSA) is 136 Å². The Balaban J connectivity index is 1.51. The third-order valence-corrected chi connectivity index (χ3v) is 9.99. The summed E-state index contributed by atoms with van der Waals surface area (Å²) in [6.45, 7) is 0.629. The number of hydrazine groups is 1. The fourth-order valence-corrected chi connectivity index (χ4v) is 6.87. The average Bonchev–Trinajstić information content (AvgIpc) is 3.50. The van der Waals surface area contributed by atoms with Crippen molar-refractivity contribution in [3.8, 4) is 11.5 Å². The number of carbonyl (C=O) groups is 1. The van der Waals surface area contributed by atoms with Crippen LogP contribution in [0.3, 0.4) is 0 Å². The molecule has 1 heterocycles. The number of sulfone groups is 1. The fraction of sp³-hybridized carbons (Fsp3) is 0.257. The van der Waals surface area contributed by atoms with E-state index in [0.29, 0.717) is 35.7 Å². The number of aliphatic imine (C=N–C) groups is 1. The Morgan fingerprint density at radius 2 is 1.68 bits per heavy atom. The molecule has 0 saturated heterocycles. The first kappa shape index (κ1) is 34.1. The van der Waals surface area contributed by atoms with Gasteiger partial charge in [0.25, 0.3) is 5.91 Å². The van der Waals surface area contributed by atoms with E-state index >= 15 is 0 Å². The first-order valence-electron chi connectivity index (χ1n) is 15.0. The number of halogens is 1. The minimum atomic E-state index is -3.79. The molecule has 0 aromatic heterocycles. The van der Waals surface area contributed by atoms with E-state index in [1.54, 1.807) is 49.6 Å². The number of carbonyl (C=O) groups excluding carboxylic acids is 1. The van der Waals surface area contributed by atoms with Crippen LogP contribution in [0.15, 0.2) is 117 Å². The summed E-state index contributed by atoms with van der Waals surface area (Å²) in [6, 6.07) is 29.9. The number of hydrogen-bond donors (Lipinski definition) is 3. The lowest BCUT2D eigenvalue weighted by Crippen LogP contribution is -2.53. The van der Waals surface area contributed by atoms with E-state index in [2.05, 4.69) is 26.8 Å². The lowest BCUT2D eigenvalue weighted by molar-refractivity contribution is -0.130. The lowest BCUT2D eigenvalue weighted by Gasteiger charge is -2.30. The molecule has 0 radical (unpaired) electrons. The summed E-state index contributed by atoms with van der Waals surface area (Å²) in [7, 11) is -2.21. The predicted molar refractivity (Wildman–Crippen MR) is 182 cm³/mol. The number of rotatable bonds is 15. The third kappa shape index (κ3) is 8.20. The third-order valence-electron chi connectivity index (χ3n) is 7.73. The van der Waals surface area contributed by atoms with Crippen LogP contribution in [0.25, 0.3) is 0 Å². The molecule has 1 aliphatic rings. The maximum absolute atomic E-state index is 14.4. The Bertz CT molecular complexity index is 1790. The molecule has 0 spiro atoms. The van der Waals surface area contributed by atoms with Gasteiger partial charge in [0.1, 0.15) is 11.5 Å². The second-order valence-electron chi connectivity index (χ2n) is 10.8. The molecule has 47 heavy (non-hydrogen) atoms. The molecule has 0 fully saturated rings. The molecule has 0 unspecified atom stereocenters. The van der Waals surface area contributed by atoms with Gasteiger partial charge in [-0.05, 0) is 60.2 Å². The van der Waals surface area contributed by atoms with Crippen molar-refractivity contribution in [1.82, 2.24) is 10.9 Å². The fourth-order valence-electron chi connectivity index (χ4n) is 5.22. The standard InChI is InChI=1S/C35H36BrN3O7S/c1-44-31-11-6-5-8-27(31)24-37-39-34(41)35(20-23-47(42,43)30-9-3-2-4-10-30)32(25-12-16-28(36)17-13-25)46-33(38-35)26-14-18-29(19-15-26)45-22-7-21-40/h2-6,8-19,32,37,40H,7,20-24H2,1H3,(H,39,41)/t32-,35-/m0/s1. The summed E-state index contributed by atoms with van der Waals surface area (Å²) in [5.41, 5.74) is 6.14. The number of hydrogen-bond acceptors (Lipinski definition) is 9. The van der Waals surface area contributed by atoms with Crippen LogP contribution in [0.2, 0.25) is 0 Å². The van der Waals surface area contributed by atoms with Gasteiger partial charge >= 0.3 is 0 Å². The highest BCUT2D eigenvalue weighted by Crippen LogP contribution is 2.43. The zero-order valence-corrected chi connectivity index (χ0v) is 28.2. The molecule has 3 N–H and O–H groups in total. The number of benzene rings is 4. The maximum Gasteiger partial charge on any atom is 0.266 e. The Hall–Kier alpha value is -4.23. The lowest BCUT2D eigenvalue weighted by atomic mass is 9.85. The summed E-state index contributed by atoms with van der Waals surface area (Å²) >= 11 is 3.47. The van der Waals surface area contributed by atoms with Crippen LogP contribution in [0.5, 0.6) is 11.5 Å². The van der Waals surface area contributed by atoms with Gasteiger partial charge in [-0.15, -0.1) is 0 Å². The molecule has 246 valence electrons. The highest BCUT2D eigenvalue weighted by atomic mass is 79.9. The van der Waals surface area contributed by atoms with Gasteiger partial charge in [0, 0.05) is 41.6 Å². The van der Waals surface area contributed by atoms with Crippen molar-refractivity contribution in [2.75, 3.05) is 26.1 Å².